The van der Waals surface area contributed by atoms with Gasteiger partial charge in [0.1, 0.15) is 5.56 Å². The summed E-state index contributed by atoms with van der Waals surface area (Å²) >= 11 is 0. The number of carbonyl (C=O) groups excluding carboxylic acids is 2. The van der Waals surface area contributed by atoms with E-state index in [1.807, 2.05) is 0 Å². The molecule has 132 valence electrons. The molecule has 0 atom stereocenters. The van der Waals surface area contributed by atoms with Gasteiger partial charge in [-0.2, -0.15) is 0 Å². The molecule has 0 heterocycles. The van der Waals surface area contributed by atoms with Crippen LogP contribution in [0.1, 0.15) is 31.8 Å². The first kappa shape index (κ1) is 18.1. The van der Waals surface area contributed by atoms with Gasteiger partial charge in [0, 0.05) is 22.8 Å². The molecular formula is C14H7N3O9. The third kappa shape index (κ3) is 3.06. The number of hydrogen-bond acceptors (Lipinski definition) is 8. The van der Waals surface area contributed by atoms with Crippen molar-refractivity contribution >= 4 is 22.9 Å². The van der Waals surface area contributed by atoms with Gasteiger partial charge in [0.15, 0.2) is 5.78 Å². The molecule has 0 saturated carbocycles. The molecule has 1 aliphatic carbocycles. The van der Waals surface area contributed by atoms with Crippen molar-refractivity contribution in [3.63, 3.8) is 0 Å². The summed E-state index contributed by atoms with van der Waals surface area (Å²) in [5.41, 5.74) is -2.35. The summed E-state index contributed by atoms with van der Waals surface area (Å²) in [5, 5.41) is 35.8. The van der Waals surface area contributed by atoms with E-state index >= 15 is 0 Å². The summed E-state index contributed by atoms with van der Waals surface area (Å²) in [6, 6.07) is 7.83. The Labute approximate surface area is 142 Å². The smallest absolute Gasteiger partial charge is 0.328 e. The number of ketones is 2. The summed E-state index contributed by atoms with van der Waals surface area (Å²) in [4.78, 5) is 53.4. The van der Waals surface area contributed by atoms with E-state index in [2.05, 4.69) is 0 Å². The van der Waals surface area contributed by atoms with Crippen molar-refractivity contribution in [3.05, 3.63) is 89.0 Å². The van der Waals surface area contributed by atoms with Crippen molar-refractivity contribution in [2.24, 2.45) is 0 Å². The molecule has 2 aromatic rings. The first-order chi connectivity index (χ1) is 12.2. The second kappa shape index (κ2) is 6.72. The summed E-state index contributed by atoms with van der Waals surface area (Å²) in [6.07, 6.45) is 0. The summed E-state index contributed by atoms with van der Waals surface area (Å²) in [7, 11) is 0. The van der Waals surface area contributed by atoms with Gasteiger partial charge in [-0.25, -0.2) is 0 Å². The Morgan fingerprint density at radius 3 is 1.69 bits per heavy atom. The number of fused-ring (bicyclic) bond motifs is 2. The van der Waals surface area contributed by atoms with Crippen LogP contribution in [0.3, 0.4) is 0 Å². The highest BCUT2D eigenvalue weighted by Gasteiger charge is 2.40. The Balaban J connectivity index is 0.000000552. The fourth-order valence-electron chi connectivity index (χ4n) is 2.49. The van der Waals surface area contributed by atoms with Crippen LogP contribution in [-0.2, 0) is 0 Å². The van der Waals surface area contributed by atoms with Crippen molar-refractivity contribution in [1.82, 2.24) is 0 Å². The second-order valence-corrected chi connectivity index (χ2v) is 4.81. The average molecular weight is 361 g/mol. The van der Waals surface area contributed by atoms with Crippen LogP contribution in [0.5, 0.6) is 0 Å². The largest absolute Gasteiger partial charge is 0.357 e. The molecule has 2 aromatic carbocycles. The number of benzene rings is 2. The lowest BCUT2D eigenvalue weighted by atomic mass is 9.83. The van der Waals surface area contributed by atoms with E-state index < -0.39 is 43.4 Å². The van der Waals surface area contributed by atoms with Gasteiger partial charge in [-0.3, -0.25) is 29.8 Å². The topological polar surface area (TPSA) is 184 Å². The molecule has 0 radical (unpaired) electrons. The van der Waals surface area contributed by atoms with Crippen LogP contribution in [0.2, 0.25) is 0 Å². The maximum atomic E-state index is 12.5. The van der Waals surface area contributed by atoms with Gasteiger partial charge in [0.2, 0.25) is 5.78 Å². The number of nitrogens with zero attached hydrogens (tertiary/aromatic N) is 3. The Bertz CT molecular complexity index is 980. The molecule has 0 fully saturated rings. The molecule has 12 heteroatoms. The minimum atomic E-state index is -1.50. The maximum Gasteiger partial charge on any atom is 0.357 e. The quantitative estimate of drug-likeness (QED) is 0.526. The van der Waals surface area contributed by atoms with E-state index in [0.29, 0.717) is 0 Å². The van der Waals surface area contributed by atoms with Crippen LogP contribution in [0.25, 0.3) is 0 Å². The molecule has 0 aliphatic heterocycles. The molecule has 0 bridgehead atoms. The normalized spacial score (nSPS) is 11.5. The van der Waals surface area contributed by atoms with Crippen LogP contribution in [0.15, 0.2) is 36.4 Å². The van der Waals surface area contributed by atoms with Gasteiger partial charge in [0.25, 0.3) is 5.09 Å². The van der Waals surface area contributed by atoms with Crippen LogP contribution in [0.4, 0.5) is 11.4 Å². The standard InChI is InChI=1S/C14H6N2O6.HNO3/c17-13-7-3-1-2-4-8(7)14(18)11-9(13)5-6-10(15(19)20)12(11)16(21)22;2-1(3)4/h1-6H;(H,2,3,4). The zero-order valence-electron chi connectivity index (χ0n) is 12.5. The molecule has 0 spiro atoms. The second-order valence-electron chi connectivity index (χ2n) is 4.81. The van der Waals surface area contributed by atoms with E-state index in [0.717, 1.165) is 12.1 Å². The van der Waals surface area contributed by atoms with E-state index in [-0.39, 0.29) is 16.7 Å². The number of nitro groups is 2. The van der Waals surface area contributed by atoms with E-state index in [4.69, 9.17) is 15.3 Å². The number of rotatable bonds is 2. The molecule has 0 aromatic heterocycles. The predicted octanol–water partition coefficient (Wildman–Crippen LogP) is 1.93. The van der Waals surface area contributed by atoms with Crippen molar-refractivity contribution in [1.29, 1.82) is 0 Å². The third-order valence-corrected chi connectivity index (χ3v) is 3.42. The lowest BCUT2D eigenvalue weighted by molar-refractivity contribution is -0.742. The summed E-state index contributed by atoms with van der Waals surface area (Å²) in [6.45, 7) is 0. The molecule has 1 N–H and O–H groups in total. The Kier molecular flexibility index (Phi) is 4.68. The van der Waals surface area contributed by atoms with Crippen molar-refractivity contribution < 1.29 is 29.7 Å². The number of hydrogen-bond donors (Lipinski definition) is 1. The SMILES string of the molecule is O=C1c2ccccc2C(=O)c2c1ccc([N+](=O)[O-])c2[N+](=O)[O-].O=[N+]([O-])O. The van der Waals surface area contributed by atoms with Gasteiger partial charge in [-0.05, 0) is 6.07 Å². The zero-order valence-corrected chi connectivity index (χ0v) is 12.5. The van der Waals surface area contributed by atoms with E-state index in [9.17, 15) is 29.8 Å². The van der Waals surface area contributed by atoms with Gasteiger partial charge >= 0.3 is 11.4 Å². The monoisotopic (exact) mass is 361 g/mol. The lowest BCUT2D eigenvalue weighted by Crippen LogP contribution is -2.22. The highest BCUT2D eigenvalue weighted by molar-refractivity contribution is 6.30. The maximum absolute atomic E-state index is 12.5. The molecule has 12 nitrogen and oxygen atoms in total. The highest BCUT2D eigenvalue weighted by Crippen LogP contribution is 2.38. The fraction of sp³-hybridized carbons (Fsp3) is 0. The van der Waals surface area contributed by atoms with Crippen molar-refractivity contribution in [2.45, 2.75) is 0 Å². The van der Waals surface area contributed by atoms with Crippen LogP contribution < -0.4 is 0 Å². The number of nitro benzene ring substituents is 2. The number of carbonyl (C=O) groups is 2. The van der Waals surface area contributed by atoms with Crippen LogP contribution in [0, 0.1) is 30.3 Å². The van der Waals surface area contributed by atoms with Gasteiger partial charge in [-0.15, -0.1) is 10.1 Å². The zero-order chi connectivity index (χ0) is 19.6. The molecular weight excluding hydrogens is 354 g/mol. The Hall–Kier alpha value is -4.22. The Morgan fingerprint density at radius 2 is 1.23 bits per heavy atom. The van der Waals surface area contributed by atoms with E-state index in [1.165, 1.54) is 18.2 Å². The van der Waals surface area contributed by atoms with Gasteiger partial charge in [-0.1, -0.05) is 24.3 Å². The molecule has 26 heavy (non-hydrogen) atoms. The molecule has 0 amide bonds. The third-order valence-electron chi connectivity index (χ3n) is 3.42. The molecule has 1 aliphatic rings. The van der Waals surface area contributed by atoms with Crippen molar-refractivity contribution in [3.8, 4) is 0 Å². The molecule has 0 unspecified atom stereocenters. The minimum absolute atomic E-state index is 0.00333. The first-order valence-electron chi connectivity index (χ1n) is 6.64. The molecule has 0 saturated heterocycles. The van der Waals surface area contributed by atoms with Crippen LogP contribution >= 0.6 is 0 Å². The minimum Gasteiger partial charge on any atom is -0.328 e. The van der Waals surface area contributed by atoms with Gasteiger partial charge < -0.3 is 5.21 Å². The van der Waals surface area contributed by atoms with Crippen LogP contribution in [-0.4, -0.2) is 31.7 Å². The fourth-order valence-corrected chi connectivity index (χ4v) is 2.49. The van der Waals surface area contributed by atoms with Crippen molar-refractivity contribution in [2.75, 3.05) is 0 Å². The highest BCUT2D eigenvalue weighted by atomic mass is 16.9. The van der Waals surface area contributed by atoms with Gasteiger partial charge in [0.05, 0.1) is 9.85 Å². The average Bonchev–Trinajstić information content (AvgIpc) is 2.57. The van der Waals surface area contributed by atoms with E-state index in [1.54, 1.807) is 6.07 Å². The predicted molar refractivity (Wildman–Crippen MR) is 81.8 cm³/mol. The summed E-state index contributed by atoms with van der Waals surface area (Å²) in [5.74, 6) is -1.33. The Morgan fingerprint density at radius 1 is 0.731 bits per heavy atom. The lowest BCUT2D eigenvalue weighted by Gasteiger charge is -2.16. The molecule has 3 rings (SSSR count). The first-order valence-corrected chi connectivity index (χ1v) is 6.64. The summed E-state index contributed by atoms with van der Waals surface area (Å²) < 4.78 is 0.